The summed E-state index contributed by atoms with van der Waals surface area (Å²) in [5.74, 6) is -0.517. The smallest absolute Gasteiger partial charge is 0.374 e. The first-order chi connectivity index (χ1) is 9.21. The number of rotatable bonds is 7. The van der Waals surface area contributed by atoms with Gasteiger partial charge in [0, 0.05) is 23.4 Å². The maximum Gasteiger partial charge on any atom is 0.374 e. The number of ether oxygens (including phenoxy) is 2. The van der Waals surface area contributed by atoms with Crippen molar-refractivity contribution in [2.45, 2.75) is 25.7 Å². The molecule has 0 radical (unpaired) electrons. The van der Waals surface area contributed by atoms with E-state index in [0.29, 0.717) is 12.5 Å². The molecule has 6 nitrogen and oxygen atoms in total. The van der Waals surface area contributed by atoms with Crippen LogP contribution in [-0.2, 0) is 18.5 Å². The van der Waals surface area contributed by atoms with Crippen molar-refractivity contribution in [3.8, 4) is 0 Å². The minimum Gasteiger partial charge on any atom is -0.457 e. The van der Waals surface area contributed by atoms with E-state index in [9.17, 15) is 13.2 Å². The molecule has 1 heterocycles. The number of carbonyl (C=O) groups is 1. The van der Waals surface area contributed by atoms with Gasteiger partial charge in [-0.05, 0) is 12.8 Å². The molecular formula is C12H17ClO6S. The standard InChI is InChI=1S/C12H17ClO6S/c1-8(2)7-17-4-5-18-12(14)10-6-11(9(3)19-10)20(13,15)16/h6,8H,4-5,7H2,1-3H3. The average molecular weight is 325 g/mol. The fraction of sp³-hybridized carbons (Fsp3) is 0.583. The molecular weight excluding hydrogens is 308 g/mol. The van der Waals surface area contributed by atoms with Crippen LogP contribution in [-0.4, -0.2) is 34.2 Å². The van der Waals surface area contributed by atoms with E-state index in [1.807, 2.05) is 13.8 Å². The zero-order valence-corrected chi connectivity index (χ0v) is 13.1. The van der Waals surface area contributed by atoms with Gasteiger partial charge in [0.05, 0.1) is 6.61 Å². The van der Waals surface area contributed by atoms with Crippen LogP contribution in [0.3, 0.4) is 0 Å². The summed E-state index contributed by atoms with van der Waals surface area (Å²) in [4.78, 5) is 11.4. The Morgan fingerprint density at radius 2 is 2.05 bits per heavy atom. The molecule has 1 aromatic heterocycles. The van der Waals surface area contributed by atoms with E-state index in [0.717, 1.165) is 6.07 Å². The predicted molar refractivity (Wildman–Crippen MR) is 72.4 cm³/mol. The number of hydrogen-bond acceptors (Lipinski definition) is 6. The van der Waals surface area contributed by atoms with Crippen LogP contribution < -0.4 is 0 Å². The van der Waals surface area contributed by atoms with Crippen LogP contribution in [0, 0.1) is 12.8 Å². The second kappa shape index (κ2) is 7.10. The van der Waals surface area contributed by atoms with Crippen LogP contribution in [0.5, 0.6) is 0 Å². The second-order valence-corrected chi connectivity index (χ2v) is 7.11. The molecule has 0 spiro atoms. The van der Waals surface area contributed by atoms with Crippen molar-refractivity contribution < 1.29 is 27.1 Å². The highest BCUT2D eigenvalue weighted by Gasteiger charge is 2.22. The van der Waals surface area contributed by atoms with Crippen molar-refractivity contribution in [2.75, 3.05) is 19.8 Å². The van der Waals surface area contributed by atoms with Gasteiger partial charge in [0.1, 0.15) is 17.3 Å². The third-order valence-electron chi connectivity index (χ3n) is 2.25. The Hall–Kier alpha value is -1.05. The molecule has 0 atom stereocenters. The van der Waals surface area contributed by atoms with E-state index in [4.69, 9.17) is 24.6 Å². The van der Waals surface area contributed by atoms with Gasteiger partial charge in [-0.2, -0.15) is 0 Å². The quantitative estimate of drug-likeness (QED) is 0.435. The zero-order chi connectivity index (χ0) is 15.3. The van der Waals surface area contributed by atoms with Crippen molar-refractivity contribution in [3.05, 3.63) is 17.6 Å². The minimum absolute atomic E-state index is 0.0445. The third-order valence-corrected chi connectivity index (χ3v) is 3.68. The van der Waals surface area contributed by atoms with Crippen LogP contribution >= 0.6 is 10.7 Å². The van der Waals surface area contributed by atoms with Gasteiger partial charge in [0.25, 0.3) is 9.05 Å². The van der Waals surface area contributed by atoms with Gasteiger partial charge in [0.2, 0.25) is 5.76 Å². The van der Waals surface area contributed by atoms with E-state index in [1.165, 1.54) is 6.92 Å². The van der Waals surface area contributed by atoms with Gasteiger partial charge in [-0.15, -0.1) is 0 Å². The van der Waals surface area contributed by atoms with Crippen molar-refractivity contribution in [2.24, 2.45) is 5.92 Å². The molecule has 0 aliphatic heterocycles. The first-order valence-electron chi connectivity index (χ1n) is 6.01. The summed E-state index contributed by atoms with van der Waals surface area (Å²) in [6.45, 7) is 6.32. The van der Waals surface area contributed by atoms with Crippen LogP contribution in [0.2, 0.25) is 0 Å². The van der Waals surface area contributed by atoms with Gasteiger partial charge >= 0.3 is 5.97 Å². The van der Waals surface area contributed by atoms with Gasteiger partial charge in [-0.3, -0.25) is 0 Å². The lowest BCUT2D eigenvalue weighted by Crippen LogP contribution is -2.12. The highest BCUT2D eigenvalue weighted by Crippen LogP contribution is 2.23. The van der Waals surface area contributed by atoms with Crippen LogP contribution in [0.1, 0.15) is 30.2 Å². The van der Waals surface area contributed by atoms with Crippen LogP contribution in [0.15, 0.2) is 15.4 Å². The van der Waals surface area contributed by atoms with E-state index < -0.39 is 15.0 Å². The lowest BCUT2D eigenvalue weighted by molar-refractivity contribution is 0.0249. The molecule has 0 fully saturated rings. The summed E-state index contributed by atoms with van der Waals surface area (Å²) in [6, 6.07) is 1.05. The maximum atomic E-state index is 11.6. The minimum atomic E-state index is -3.94. The number of halogens is 1. The number of hydrogen-bond donors (Lipinski definition) is 0. The fourth-order valence-electron chi connectivity index (χ4n) is 1.39. The molecule has 1 rings (SSSR count). The zero-order valence-electron chi connectivity index (χ0n) is 11.5. The summed E-state index contributed by atoms with van der Waals surface area (Å²) < 4.78 is 37.5. The van der Waals surface area contributed by atoms with E-state index in [1.54, 1.807) is 0 Å². The van der Waals surface area contributed by atoms with Gasteiger partial charge < -0.3 is 13.9 Å². The average Bonchev–Trinajstić information content (AvgIpc) is 2.70. The van der Waals surface area contributed by atoms with E-state index in [2.05, 4.69) is 0 Å². The Morgan fingerprint density at radius 3 is 2.55 bits per heavy atom. The summed E-state index contributed by atoms with van der Waals surface area (Å²) in [5.41, 5.74) is 0. The molecule has 8 heteroatoms. The van der Waals surface area contributed by atoms with Crippen molar-refractivity contribution in [3.63, 3.8) is 0 Å². The molecule has 0 bridgehead atoms. The topological polar surface area (TPSA) is 82.8 Å². The molecule has 0 unspecified atom stereocenters. The van der Waals surface area contributed by atoms with Crippen molar-refractivity contribution in [1.29, 1.82) is 0 Å². The van der Waals surface area contributed by atoms with Crippen LogP contribution in [0.25, 0.3) is 0 Å². The highest BCUT2D eigenvalue weighted by atomic mass is 35.7. The van der Waals surface area contributed by atoms with Gasteiger partial charge in [0.15, 0.2) is 0 Å². The molecule has 0 saturated heterocycles. The largest absolute Gasteiger partial charge is 0.457 e. The molecule has 0 amide bonds. The lowest BCUT2D eigenvalue weighted by Gasteiger charge is -2.06. The molecule has 0 aliphatic rings. The van der Waals surface area contributed by atoms with E-state index in [-0.39, 0.29) is 29.6 Å². The molecule has 0 aromatic carbocycles. The summed E-state index contributed by atoms with van der Waals surface area (Å²) in [7, 11) is 1.26. The fourth-order valence-corrected chi connectivity index (χ4v) is 2.48. The van der Waals surface area contributed by atoms with Gasteiger partial charge in [-0.1, -0.05) is 13.8 Å². The molecule has 0 N–H and O–H groups in total. The molecule has 0 aliphatic carbocycles. The molecule has 20 heavy (non-hydrogen) atoms. The normalized spacial score (nSPS) is 11.8. The summed E-state index contributed by atoms with van der Waals surface area (Å²) in [6.07, 6.45) is 0. The van der Waals surface area contributed by atoms with Crippen molar-refractivity contribution >= 4 is 25.7 Å². The number of furan rings is 1. The van der Waals surface area contributed by atoms with Gasteiger partial charge in [-0.25, -0.2) is 13.2 Å². The molecule has 0 saturated carbocycles. The van der Waals surface area contributed by atoms with Crippen LogP contribution in [0.4, 0.5) is 0 Å². The summed E-state index contributed by atoms with van der Waals surface area (Å²) in [5, 5.41) is 0. The van der Waals surface area contributed by atoms with E-state index >= 15 is 0 Å². The van der Waals surface area contributed by atoms with Crippen molar-refractivity contribution in [1.82, 2.24) is 0 Å². The first kappa shape index (κ1) is 17.0. The second-order valence-electron chi connectivity index (χ2n) is 4.57. The Balaban J connectivity index is 2.53. The molecule has 114 valence electrons. The Bertz CT molecular complexity index is 561. The molecule has 1 aromatic rings. The summed E-state index contributed by atoms with van der Waals surface area (Å²) >= 11 is 0. The Labute approximate surface area is 122 Å². The first-order valence-corrected chi connectivity index (χ1v) is 8.32. The third kappa shape index (κ3) is 5.15. The highest BCUT2D eigenvalue weighted by molar-refractivity contribution is 8.13. The Morgan fingerprint density at radius 1 is 1.40 bits per heavy atom. The Kier molecular flexibility index (Phi) is 6.04. The number of carbonyl (C=O) groups excluding carboxylic acids is 1. The lowest BCUT2D eigenvalue weighted by atomic mass is 10.2. The SMILES string of the molecule is Cc1oc(C(=O)OCCOCC(C)C)cc1S(=O)(=O)Cl. The maximum absolute atomic E-state index is 11.6. The number of aryl methyl sites for hydroxylation is 1. The predicted octanol–water partition coefficient (Wildman–Crippen LogP) is 2.34. The monoisotopic (exact) mass is 324 g/mol. The number of esters is 1.